The summed E-state index contributed by atoms with van der Waals surface area (Å²) in [5.74, 6) is -1.04. The molecule has 0 spiro atoms. The van der Waals surface area contributed by atoms with Crippen molar-refractivity contribution in [3.05, 3.63) is 51.3 Å². The number of nitrogen functional groups attached to an aromatic ring is 1. The van der Waals surface area contributed by atoms with Crippen LogP contribution in [0.4, 0.5) is 17.3 Å². The zero-order valence-electron chi connectivity index (χ0n) is 10.4. The standard InChI is InChI=1S/C11H9ClN6O3/c12-7-3-1-6(2-4-7)11(19)17-16-10-8(18(20)21)9(13)14-5-15-10/h1-5H,(H,17,19)(H3,13,14,15,16). The van der Waals surface area contributed by atoms with Crippen LogP contribution in [0.15, 0.2) is 30.6 Å². The Morgan fingerprint density at radius 2 is 1.95 bits per heavy atom. The average Bonchev–Trinajstić information content (AvgIpc) is 2.45. The van der Waals surface area contributed by atoms with Gasteiger partial charge in [-0.15, -0.1) is 0 Å². The molecule has 1 aromatic carbocycles. The van der Waals surface area contributed by atoms with Gasteiger partial charge >= 0.3 is 5.69 Å². The molecule has 0 atom stereocenters. The molecule has 1 aromatic heterocycles. The molecule has 0 aliphatic rings. The minimum atomic E-state index is -0.744. The van der Waals surface area contributed by atoms with Crippen LogP contribution in [-0.4, -0.2) is 20.8 Å². The molecule has 0 aliphatic heterocycles. The number of carbonyl (C=O) groups is 1. The van der Waals surface area contributed by atoms with Crippen molar-refractivity contribution in [2.75, 3.05) is 11.2 Å². The lowest BCUT2D eigenvalue weighted by atomic mass is 10.2. The molecule has 21 heavy (non-hydrogen) atoms. The van der Waals surface area contributed by atoms with Crippen LogP contribution in [0.25, 0.3) is 0 Å². The first-order valence-corrected chi connectivity index (χ1v) is 5.93. The Labute approximate surface area is 123 Å². The summed E-state index contributed by atoms with van der Waals surface area (Å²) < 4.78 is 0. The zero-order chi connectivity index (χ0) is 15.4. The first-order chi connectivity index (χ1) is 9.99. The van der Waals surface area contributed by atoms with Crippen molar-refractivity contribution >= 4 is 34.8 Å². The van der Waals surface area contributed by atoms with Crippen molar-refractivity contribution in [3.8, 4) is 0 Å². The Bertz CT molecular complexity index is 691. The third-order valence-electron chi connectivity index (χ3n) is 2.43. The van der Waals surface area contributed by atoms with E-state index in [1.54, 1.807) is 12.1 Å². The number of nitrogens with two attached hydrogens (primary N) is 1. The van der Waals surface area contributed by atoms with Gasteiger partial charge in [-0.1, -0.05) is 11.6 Å². The number of nitrogens with one attached hydrogen (secondary N) is 2. The molecule has 9 nitrogen and oxygen atoms in total. The number of rotatable bonds is 4. The van der Waals surface area contributed by atoms with Crippen LogP contribution in [0.5, 0.6) is 0 Å². The molecule has 0 radical (unpaired) electrons. The second kappa shape index (κ2) is 6.01. The van der Waals surface area contributed by atoms with Crippen LogP contribution in [0.2, 0.25) is 5.02 Å². The lowest BCUT2D eigenvalue weighted by Crippen LogP contribution is -2.30. The van der Waals surface area contributed by atoms with Crippen LogP contribution < -0.4 is 16.6 Å². The Balaban J connectivity index is 2.13. The lowest BCUT2D eigenvalue weighted by molar-refractivity contribution is -0.383. The predicted molar refractivity (Wildman–Crippen MR) is 75.6 cm³/mol. The van der Waals surface area contributed by atoms with Crippen LogP contribution >= 0.6 is 11.6 Å². The molecule has 4 N–H and O–H groups in total. The molecule has 0 bridgehead atoms. The highest BCUT2D eigenvalue weighted by atomic mass is 35.5. The van der Waals surface area contributed by atoms with Crippen molar-refractivity contribution in [1.82, 2.24) is 15.4 Å². The molecule has 2 aromatic rings. The van der Waals surface area contributed by atoms with E-state index in [9.17, 15) is 14.9 Å². The monoisotopic (exact) mass is 308 g/mol. The first-order valence-electron chi connectivity index (χ1n) is 5.56. The number of hydrazine groups is 1. The van der Waals surface area contributed by atoms with E-state index in [1.165, 1.54) is 12.1 Å². The van der Waals surface area contributed by atoms with Gasteiger partial charge in [-0.3, -0.25) is 25.8 Å². The summed E-state index contributed by atoms with van der Waals surface area (Å²) in [4.78, 5) is 29.1. The molecule has 0 unspecified atom stereocenters. The third-order valence-corrected chi connectivity index (χ3v) is 2.69. The van der Waals surface area contributed by atoms with Gasteiger partial charge < -0.3 is 5.73 Å². The van der Waals surface area contributed by atoms with E-state index in [4.69, 9.17) is 17.3 Å². The van der Waals surface area contributed by atoms with Gasteiger partial charge in [0.15, 0.2) is 0 Å². The van der Waals surface area contributed by atoms with E-state index in [-0.39, 0.29) is 11.6 Å². The van der Waals surface area contributed by atoms with Crippen molar-refractivity contribution in [3.63, 3.8) is 0 Å². The summed E-state index contributed by atoms with van der Waals surface area (Å²) in [5.41, 5.74) is 9.81. The second-order valence-electron chi connectivity index (χ2n) is 3.80. The average molecular weight is 309 g/mol. The van der Waals surface area contributed by atoms with E-state index in [0.29, 0.717) is 10.6 Å². The van der Waals surface area contributed by atoms with E-state index in [0.717, 1.165) is 6.33 Å². The number of hydrogen-bond donors (Lipinski definition) is 3. The Morgan fingerprint density at radius 1 is 1.29 bits per heavy atom. The number of hydrogen-bond acceptors (Lipinski definition) is 7. The highest BCUT2D eigenvalue weighted by Gasteiger charge is 2.21. The Morgan fingerprint density at radius 3 is 2.57 bits per heavy atom. The van der Waals surface area contributed by atoms with Crippen molar-refractivity contribution in [2.45, 2.75) is 0 Å². The number of nitrogens with zero attached hydrogens (tertiary/aromatic N) is 3. The molecule has 0 saturated carbocycles. The molecular formula is C11H9ClN6O3. The normalized spacial score (nSPS) is 9.95. The fourth-order valence-electron chi connectivity index (χ4n) is 1.45. The lowest BCUT2D eigenvalue weighted by Gasteiger charge is -2.08. The van der Waals surface area contributed by atoms with Crippen molar-refractivity contribution in [2.24, 2.45) is 0 Å². The number of carbonyl (C=O) groups excluding carboxylic acids is 1. The number of benzene rings is 1. The molecule has 2 rings (SSSR count). The van der Waals surface area contributed by atoms with E-state index in [1.807, 2.05) is 0 Å². The van der Waals surface area contributed by atoms with Crippen LogP contribution in [-0.2, 0) is 0 Å². The molecule has 10 heteroatoms. The van der Waals surface area contributed by atoms with Crippen molar-refractivity contribution < 1.29 is 9.72 Å². The van der Waals surface area contributed by atoms with Crippen LogP contribution in [0.1, 0.15) is 10.4 Å². The minimum Gasteiger partial charge on any atom is -0.378 e. The molecule has 108 valence electrons. The summed E-state index contributed by atoms with van der Waals surface area (Å²) in [6.07, 6.45) is 1.04. The molecule has 0 saturated heterocycles. The first kappa shape index (κ1) is 14.5. The second-order valence-corrected chi connectivity index (χ2v) is 4.24. The fourth-order valence-corrected chi connectivity index (χ4v) is 1.58. The number of aromatic nitrogens is 2. The van der Waals surface area contributed by atoms with E-state index < -0.39 is 16.5 Å². The molecule has 1 heterocycles. The quantitative estimate of drug-likeness (QED) is 0.573. The number of halogens is 1. The Hall–Kier alpha value is -2.94. The van der Waals surface area contributed by atoms with Gasteiger partial charge in [0.05, 0.1) is 4.92 Å². The van der Waals surface area contributed by atoms with Gasteiger partial charge in [-0.05, 0) is 24.3 Å². The summed E-state index contributed by atoms with van der Waals surface area (Å²) >= 11 is 5.71. The fraction of sp³-hybridized carbons (Fsp3) is 0. The SMILES string of the molecule is Nc1ncnc(NNC(=O)c2ccc(Cl)cc2)c1[N+](=O)[O-]. The minimum absolute atomic E-state index is 0.213. The summed E-state index contributed by atoms with van der Waals surface area (Å²) in [6, 6.07) is 6.09. The number of anilines is 2. The molecule has 0 aliphatic carbocycles. The summed E-state index contributed by atoms with van der Waals surface area (Å²) in [7, 11) is 0. The summed E-state index contributed by atoms with van der Waals surface area (Å²) in [5, 5.41) is 11.4. The van der Waals surface area contributed by atoms with Gasteiger partial charge in [0.2, 0.25) is 11.6 Å². The van der Waals surface area contributed by atoms with Gasteiger partial charge in [0, 0.05) is 10.6 Å². The van der Waals surface area contributed by atoms with E-state index >= 15 is 0 Å². The Kier molecular flexibility index (Phi) is 4.14. The van der Waals surface area contributed by atoms with Crippen molar-refractivity contribution in [1.29, 1.82) is 0 Å². The van der Waals surface area contributed by atoms with Crippen LogP contribution in [0.3, 0.4) is 0 Å². The van der Waals surface area contributed by atoms with Gasteiger partial charge in [0.25, 0.3) is 5.91 Å². The predicted octanol–water partition coefficient (Wildman–Crippen LogP) is 1.38. The van der Waals surface area contributed by atoms with Crippen LogP contribution in [0, 0.1) is 10.1 Å². The topological polar surface area (TPSA) is 136 Å². The number of nitro groups is 1. The van der Waals surface area contributed by atoms with Gasteiger partial charge in [0.1, 0.15) is 6.33 Å². The smallest absolute Gasteiger partial charge is 0.354 e. The number of amides is 1. The van der Waals surface area contributed by atoms with E-state index in [2.05, 4.69) is 20.8 Å². The third kappa shape index (κ3) is 3.34. The zero-order valence-corrected chi connectivity index (χ0v) is 11.2. The maximum absolute atomic E-state index is 11.8. The largest absolute Gasteiger partial charge is 0.378 e. The highest BCUT2D eigenvalue weighted by Crippen LogP contribution is 2.25. The maximum atomic E-state index is 11.8. The van der Waals surface area contributed by atoms with Gasteiger partial charge in [-0.2, -0.15) is 0 Å². The highest BCUT2D eigenvalue weighted by molar-refractivity contribution is 6.30. The molecule has 0 fully saturated rings. The van der Waals surface area contributed by atoms with Gasteiger partial charge in [-0.25, -0.2) is 9.97 Å². The maximum Gasteiger partial charge on any atom is 0.354 e. The molecular weight excluding hydrogens is 300 g/mol. The molecule has 1 amide bonds. The summed E-state index contributed by atoms with van der Waals surface area (Å²) in [6.45, 7) is 0.